The van der Waals surface area contributed by atoms with Gasteiger partial charge in [0.2, 0.25) is 0 Å². The summed E-state index contributed by atoms with van der Waals surface area (Å²) in [5.74, 6) is 1.27. The van der Waals surface area contributed by atoms with Crippen molar-refractivity contribution >= 4 is 5.97 Å². The molecule has 2 unspecified atom stereocenters. The highest BCUT2D eigenvalue weighted by atomic mass is 16.5. The van der Waals surface area contributed by atoms with Crippen LogP contribution in [0.1, 0.15) is 12.8 Å². The highest BCUT2D eigenvalue weighted by Crippen LogP contribution is 2.43. The molecule has 0 aromatic carbocycles. The summed E-state index contributed by atoms with van der Waals surface area (Å²) in [6, 6.07) is 0. The van der Waals surface area contributed by atoms with Gasteiger partial charge in [-0.3, -0.25) is 4.79 Å². The maximum absolute atomic E-state index is 11.1. The number of allylic oxidation sites excluding steroid dienone is 2. The summed E-state index contributed by atoms with van der Waals surface area (Å²) < 4.78 is 4.71. The lowest BCUT2D eigenvalue weighted by atomic mass is 9.94. The van der Waals surface area contributed by atoms with Crippen LogP contribution in [-0.2, 0) is 9.53 Å². The second kappa shape index (κ2) is 2.36. The van der Waals surface area contributed by atoms with E-state index >= 15 is 0 Å². The lowest BCUT2D eigenvalue weighted by Gasteiger charge is -2.14. The number of esters is 1. The average molecular weight is 152 g/mol. The van der Waals surface area contributed by atoms with E-state index in [1.165, 1.54) is 13.5 Å². The first-order chi connectivity index (χ1) is 5.31. The quantitative estimate of drug-likeness (QED) is 0.419. The Morgan fingerprint density at radius 1 is 1.45 bits per heavy atom. The number of hydrogen-bond donors (Lipinski definition) is 0. The standard InChI is InChI=1S/C9H12O2/c1-11-9(10)8-5-6-2-3-7(8)4-6/h2-3,6-8H,4-5H2,1H3/t6?,7?,8-/m1/s1. The molecule has 11 heavy (non-hydrogen) atoms. The Labute approximate surface area is 66.2 Å². The van der Waals surface area contributed by atoms with Gasteiger partial charge in [0.05, 0.1) is 13.0 Å². The number of ether oxygens (including phenoxy) is 1. The first kappa shape index (κ1) is 6.89. The summed E-state index contributed by atoms with van der Waals surface area (Å²) in [5, 5.41) is 0. The van der Waals surface area contributed by atoms with Crippen molar-refractivity contribution in [1.29, 1.82) is 0 Å². The van der Waals surface area contributed by atoms with E-state index < -0.39 is 0 Å². The summed E-state index contributed by atoms with van der Waals surface area (Å²) in [7, 11) is 1.47. The number of fused-ring (bicyclic) bond motifs is 2. The second-order valence-electron chi connectivity index (χ2n) is 3.41. The normalized spacial score (nSPS) is 39.5. The van der Waals surface area contributed by atoms with Gasteiger partial charge >= 0.3 is 5.97 Å². The van der Waals surface area contributed by atoms with Crippen molar-refractivity contribution in [2.75, 3.05) is 7.11 Å². The van der Waals surface area contributed by atoms with Crippen molar-refractivity contribution in [3.63, 3.8) is 0 Å². The molecule has 0 N–H and O–H groups in total. The molecule has 2 aliphatic rings. The van der Waals surface area contributed by atoms with Crippen LogP contribution in [0.25, 0.3) is 0 Å². The Balaban J connectivity index is 2.08. The molecule has 1 fully saturated rings. The molecule has 3 atom stereocenters. The van der Waals surface area contributed by atoms with Crippen LogP contribution in [0.5, 0.6) is 0 Å². The minimum Gasteiger partial charge on any atom is -0.469 e. The van der Waals surface area contributed by atoms with Gasteiger partial charge in [-0.05, 0) is 24.7 Å². The number of rotatable bonds is 1. The Morgan fingerprint density at radius 3 is 2.73 bits per heavy atom. The van der Waals surface area contributed by atoms with E-state index in [9.17, 15) is 4.79 Å². The predicted octanol–water partition coefficient (Wildman–Crippen LogP) is 1.37. The van der Waals surface area contributed by atoms with Gasteiger partial charge in [0.25, 0.3) is 0 Å². The minimum absolute atomic E-state index is 0.0261. The lowest BCUT2D eigenvalue weighted by Crippen LogP contribution is -2.19. The molecule has 60 valence electrons. The molecule has 2 bridgehead atoms. The molecule has 0 aromatic rings. The molecule has 0 saturated heterocycles. The van der Waals surface area contributed by atoms with E-state index in [4.69, 9.17) is 4.74 Å². The van der Waals surface area contributed by atoms with Crippen LogP contribution < -0.4 is 0 Å². The van der Waals surface area contributed by atoms with Crippen LogP contribution in [-0.4, -0.2) is 13.1 Å². The molecular weight excluding hydrogens is 140 g/mol. The Kier molecular flexibility index (Phi) is 1.48. The van der Waals surface area contributed by atoms with Crippen LogP contribution >= 0.6 is 0 Å². The smallest absolute Gasteiger partial charge is 0.309 e. The fourth-order valence-corrected chi connectivity index (χ4v) is 2.20. The molecule has 2 aliphatic carbocycles. The van der Waals surface area contributed by atoms with Gasteiger partial charge in [0.15, 0.2) is 0 Å². The molecule has 1 saturated carbocycles. The van der Waals surface area contributed by atoms with Gasteiger partial charge in [0, 0.05) is 0 Å². The molecule has 2 heteroatoms. The third-order valence-electron chi connectivity index (χ3n) is 2.78. The van der Waals surface area contributed by atoms with Crippen LogP contribution in [0.4, 0.5) is 0 Å². The summed E-state index contributed by atoms with van der Waals surface area (Å²) >= 11 is 0. The molecule has 0 spiro atoms. The van der Waals surface area contributed by atoms with Crippen molar-refractivity contribution in [1.82, 2.24) is 0 Å². The SMILES string of the molecule is COC(=O)[C@@H]1CC2C=CC1C2. The van der Waals surface area contributed by atoms with E-state index in [1.807, 2.05) is 0 Å². The molecule has 0 aliphatic heterocycles. The maximum Gasteiger partial charge on any atom is 0.309 e. The zero-order valence-corrected chi connectivity index (χ0v) is 6.62. The van der Waals surface area contributed by atoms with Crippen LogP contribution in [0.3, 0.4) is 0 Å². The Morgan fingerprint density at radius 2 is 2.27 bits per heavy atom. The first-order valence-corrected chi connectivity index (χ1v) is 4.07. The van der Waals surface area contributed by atoms with Gasteiger partial charge in [-0.15, -0.1) is 0 Å². The first-order valence-electron chi connectivity index (χ1n) is 4.07. The monoisotopic (exact) mass is 152 g/mol. The second-order valence-corrected chi connectivity index (χ2v) is 3.41. The van der Waals surface area contributed by atoms with E-state index in [1.54, 1.807) is 0 Å². The van der Waals surface area contributed by atoms with E-state index in [-0.39, 0.29) is 11.9 Å². The van der Waals surface area contributed by atoms with Crippen LogP contribution in [0.15, 0.2) is 12.2 Å². The van der Waals surface area contributed by atoms with Crippen LogP contribution in [0, 0.1) is 17.8 Å². The number of methoxy groups -OCH3 is 1. The van der Waals surface area contributed by atoms with Gasteiger partial charge < -0.3 is 4.74 Å². The molecule has 2 rings (SSSR count). The zero-order valence-electron chi connectivity index (χ0n) is 6.62. The average Bonchev–Trinajstić information content (AvgIpc) is 2.62. The van der Waals surface area contributed by atoms with Crippen molar-refractivity contribution in [3.8, 4) is 0 Å². The summed E-state index contributed by atoms with van der Waals surface area (Å²) in [6.07, 6.45) is 6.56. The van der Waals surface area contributed by atoms with Gasteiger partial charge in [0.1, 0.15) is 0 Å². The topological polar surface area (TPSA) is 26.3 Å². The summed E-state index contributed by atoms with van der Waals surface area (Å²) in [6.45, 7) is 0. The molecule has 2 nitrogen and oxygen atoms in total. The number of hydrogen-bond acceptors (Lipinski definition) is 2. The van der Waals surface area contributed by atoms with Crippen molar-refractivity contribution < 1.29 is 9.53 Å². The molecular formula is C9H12O2. The van der Waals surface area contributed by atoms with Gasteiger partial charge in [-0.1, -0.05) is 12.2 Å². The van der Waals surface area contributed by atoms with Gasteiger partial charge in [-0.2, -0.15) is 0 Å². The van der Waals surface area contributed by atoms with E-state index in [0.29, 0.717) is 11.8 Å². The highest BCUT2D eigenvalue weighted by Gasteiger charge is 2.40. The zero-order chi connectivity index (χ0) is 7.84. The van der Waals surface area contributed by atoms with Crippen LogP contribution in [0.2, 0.25) is 0 Å². The fourth-order valence-electron chi connectivity index (χ4n) is 2.20. The predicted molar refractivity (Wildman–Crippen MR) is 40.9 cm³/mol. The minimum atomic E-state index is -0.0261. The Bertz CT molecular complexity index is 208. The number of carbonyl (C=O) groups excluding carboxylic acids is 1. The van der Waals surface area contributed by atoms with Crippen molar-refractivity contribution in [2.24, 2.45) is 17.8 Å². The molecule has 0 heterocycles. The lowest BCUT2D eigenvalue weighted by molar-refractivity contribution is -0.146. The van der Waals surface area contributed by atoms with Gasteiger partial charge in [-0.25, -0.2) is 0 Å². The summed E-state index contributed by atoms with van der Waals surface area (Å²) in [5.41, 5.74) is 0. The number of carbonyl (C=O) groups is 1. The third kappa shape index (κ3) is 0.971. The molecule has 0 radical (unpaired) electrons. The maximum atomic E-state index is 11.1. The highest BCUT2D eigenvalue weighted by molar-refractivity contribution is 5.73. The van der Waals surface area contributed by atoms with E-state index in [2.05, 4.69) is 12.2 Å². The molecule has 0 aromatic heterocycles. The Hall–Kier alpha value is -0.790. The van der Waals surface area contributed by atoms with E-state index in [0.717, 1.165) is 6.42 Å². The third-order valence-corrected chi connectivity index (χ3v) is 2.78. The largest absolute Gasteiger partial charge is 0.469 e. The van der Waals surface area contributed by atoms with Crippen molar-refractivity contribution in [2.45, 2.75) is 12.8 Å². The fraction of sp³-hybridized carbons (Fsp3) is 0.667. The van der Waals surface area contributed by atoms with Crippen molar-refractivity contribution in [3.05, 3.63) is 12.2 Å². The molecule has 0 amide bonds. The summed E-state index contributed by atoms with van der Waals surface area (Å²) in [4.78, 5) is 11.1.